The van der Waals surface area contributed by atoms with Gasteiger partial charge in [-0.3, -0.25) is 0 Å². The molecule has 0 aliphatic carbocycles. The van der Waals surface area contributed by atoms with Crippen molar-refractivity contribution >= 4 is 11.9 Å². The topological polar surface area (TPSA) is 100 Å². The molecule has 6 nitrogen and oxygen atoms in total. The molecule has 0 bridgehead atoms. The molecule has 1 aromatic rings. The smallest absolute Gasteiger partial charge is 0.349 e. The Morgan fingerprint density at radius 2 is 1.26 bits per heavy atom. The Hall–Kier alpha value is -3.38. The van der Waals surface area contributed by atoms with Gasteiger partial charge >= 0.3 is 11.9 Å². The van der Waals surface area contributed by atoms with Crippen LogP contribution in [0.1, 0.15) is 64.9 Å². The number of esters is 2. The number of carbonyl (C=O) groups is 2. The van der Waals surface area contributed by atoms with E-state index in [4.69, 9.17) is 9.47 Å². The van der Waals surface area contributed by atoms with Crippen LogP contribution in [0.15, 0.2) is 52.6 Å². The van der Waals surface area contributed by atoms with Crippen LogP contribution < -0.4 is 0 Å². The highest BCUT2D eigenvalue weighted by atomic mass is 16.6. The molecule has 0 fully saturated rings. The van der Waals surface area contributed by atoms with Gasteiger partial charge in [0.15, 0.2) is 0 Å². The van der Waals surface area contributed by atoms with E-state index in [-0.39, 0.29) is 17.1 Å². The van der Waals surface area contributed by atoms with E-state index in [0.29, 0.717) is 25.7 Å². The summed E-state index contributed by atoms with van der Waals surface area (Å²) in [5, 5.41) is 19.1. The Labute approximate surface area is 182 Å². The summed E-state index contributed by atoms with van der Waals surface area (Å²) in [5.74, 6) is -1.30. The largest absolute Gasteiger partial charge is 0.455 e. The fraction of sp³-hybridized carbons (Fsp3) is 0.440. The predicted octanol–water partition coefficient (Wildman–Crippen LogP) is 4.64. The van der Waals surface area contributed by atoms with Gasteiger partial charge < -0.3 is 9.47 Å². The standard InChI is InChI=1S/C25H26N2O4/c1-24(2)12-18(20(14-26)22(28)30-24)10-17(16-8-6-5-7-9-16)11-19-13-25(3,4)31-23(29)21(19)15-27/h5-9,17H,10-13H2,1-4H3. The summed E-state index contributed by atoms with van der Waals surface area (Å²) in [6.07, 6.45) is 1.84. The molecule has 160 valence electrons. The van der Waals surface area contributed by atoms with Crippen molar-refractivity contribution in [3.05, 3.63) is 58.2 Å². The maximum Gasteiger partial charge on any atom is 0.349 e. The van der Waals surface area contributed by atoms with Crippen LogP contribution in [0.25, 0.3) is 0 Å². The van der Waals surface area contributed by atoms with E-state index in [9.17, 15) is 20.1 Å². The molecule has 0 amide bonds. The Morgan fingerprint density at radius 3 is 1.65 bits per heavy atom. The third kappa shape index (κ3) is 5.03. The van der Waals surface area contributed by atoms with Crippen molar-refractivity contribution in [3.8, 4) is 12.1 Å². The lowest BCUT2D eigenvalue weighted by molar-refractivity contribution is -0.153. The van der Waals surface area contributed by atoms with Crippen molar-refractivity contribution < 1.29 is 19.1 Å². The van der Waals surface area contributed by atoms with Crippen LogP contribution in [-0.2, 0) is 19.1 Å². The van der Waals surface area contributed by atoms with Gasteiger partial charge in [-0.25, -0.2) is 9.59 Å². The molecular formula is C25H26N2O4. The second-order valence-corrected chi connectivity index (χ2v) is 9.35. The molecule has 0 radical (unpaired) electrons. The minimum Gasteiger partial charge on any atom is -0.455 e. The molecule has 0 spiro atoms. The SMILES string of the molecule is CC1(C)CC(CC(CC2=C(C#N)C(=O)OC(C)(C)C2)c2ccccc2)=C(C#N)C(=O)O1. The average molecular weight is 418 g/mol. The van der Waals surface area contributed by atoms with Gasteiger partial charge in [-0.1, -0.05) is 30.3 Å². The van der Waals surface area contributed by atoms with Gasteiger partial charge in [0.05, 0.1) is 0 Å². The van der Waals surface area contributed by atoms with Crippen molar-refractivity contribution in [1.82, 2.24) is 0 Å². The summed E-state index contributed by atoms with van der Waals surface area (Å²) in [4.78, 5) is 24.7. The Balaban J connectivity index is 2.03. The number of hydrogen-bond acceptors (Lipinski definition) is 6. The van der Waals surface area contributed by atoms with Crippen LogP contribution in [0.3, 0.4) is 0 Å². The fourth-order valence-electron chi connectivity index (χ4n) is 4.40. The van der Waals surface area contributed by atoms with Gasteiger partial charge in [0.1, 0.15) is 34.5 Å². The molecule has 0 atom stereocenters. The van der Waals surface area contributed by atoms with Crippen LogP contribution >= 0.6 is 0 Å². The van der Waals surface area contributed by atoms with Crippen LogP contribution in [0.4, 0.5) is 0 Å². The number of nitriles is 2. The zero-order chi connectivity index (χ0) is 22.8. The van der Waals surface area contributed by atoms with E-state index in [1.54, 1.807) is 0 Å². The van der Waals surface area contributed by atoms with E-state index < -0.39 is 23.1 Å². The number of cyclic esters (lactones) is 2. The van der Waals surface area contributed by atoms with E-state index in [2.05, 4.69) is 0 Å². The monoisotopic (exact) mass is 418 g/mol. The van der Waals surface area contributed by atoms with Gasteiger partial charge in [0, 0.05) is 12.8 Å². The number of nitrogens with zero attached hydrogens (tertiary/aromatic N) is 2. The molecule has 2 aliphatic heterocycles. The third-order valence-electron chi connectivity index (χ3n) is 5.61. The van der Waals surface area contributed by atoms with Crippen molar-refractivity contribution in [3.63, 3.8) is 0 Å². The number of ether oxygens (including phenoxy) is 2. The first-order valence-electron chi connectivity index (χ1n) is 10.3. The van der Waals surface area contributed by atoms with E-state index in [0.717, 1.165) is 16.7 Å². The molecular weight excluding hydrogens is 392 g/mol. The van der Waals surface area contributed by atoms with Crippen LogP contribution in [0, 0.1) is 22.7 Å². The van der Waals surface area contributed by atoms with Gasteiger partial charge in [-0.2, -0.15) is 10.5 Å². The number of benzene rings is 1. The fourth-order valence-corrected chi connectivity index (χ4v) is 4.40. The average Bonchev–Trinajstić information content (AvgIpc) is 2.66. The van der Waals surface area contributed by atoms with E-state index in [1.807, 2.05) is 70.2 Å². The molecule has 2 heterocycles. The van der Waals surface area contributed by atoms with Crippen LogP contribution in [-0.4, -0.2) is 23.1 Å². The lowest BCUT2D eigenvalue weighted by Crippen LogP contribution is -2.35. The lowest BCUT2D eigenvalue weighted by Gasteiger charge is -2.34. The van der Waals surface area contributed by atoms with Gasteiger partial charge in [-0.15, -0.1) is 0 Å². The van der Waals surface area contributed by atoms with E-state index >= 15 is 0 Å². The Bertz CT molecular complexity index is 983. The summed E-state index contributed by atoms with van der Waals surface area (Å²) in [7, 11) is 0. The first kappa shape index (κ1) is 22.3. The van der Waals surface area contributed by atoms with Crippen molar-refractivity contribution in [2.45, 2.75) is 70.5 Å². The summed E-state index contributed by atoms with van der Waals surface area (Å²) in [6, 6.07) is 13.8. The van der Waals surface area contributed by atoms with Gasteiger partial charge in [0.25, 0.3) is 0 Å². The molecule has 3 rings (SSSR count). The van der Waals surface area contributed by atoms with Gasteiger partial charge in [0.2, 0.25) is 0 Å². The normalized spacial score (nSPS) is 20.1. The Kier molecular flexibility index (Phi) is 6.04. The molecule has 1 aromatic carbocycles. The highest BCUT2D eigenvalue weighted by Gasteiger charge is 2.38. The minimum absolute atomic E-state index is 0.0538. The maximum atomic E-state index is 12.4. The molecule has 6 heteroatoms. The van der Waals surface area contributed by atoms with Crippen LogP contribution in [0.5, 0.6) is 0 Å². The molecule has 31 heavy (non-hydrogen) atoms. The first-order valence-corrected chi connectivity index (χ1v) is 10.3. The summed E-state index contributed by atoms with van der Waals surface area (Å²) in [5.41, 5.74) is 1.23. The molecule has 2 aliphatic rings. The lowest BCUT2D eigenvalue weighted by atomic mass is 9.78. The second-order valence-electron chi connectivity index (χ2n) is 9.35. The highest BCUT2D eigenvalue weighted by molar-refractivity contribution is 5.95. The zero-order valence-electron chi connectivity index (χ0n) is 18.3. The van der Waals surface area contributed by atoms with Crippen molar-refractivity contribution in [2.75, 3.05) is 0 Å². The number of hydrogen-bond donors (Lipinski definition) is 0. The summed E-state index contributed by atoms with van der Waals surface area (Å²) >= 11 is 0. The molecule has 0 unspecified atom stereocenters. The molecule has 0 saturated carbocycles. The third-order valence-corrected chi connectivity index (χ3v) is 5.61. The molecule has 0 saturated heterocycles. The number of carbonyl (C=O) groups excluding carboxylic acids is 2. The van der Waals surface area contributed by atoms with Gasteiger partial charge in [-0.05, 0) is 63.2 Å². The number of rotatable bonds is 5. The van der Waals surface area contributed by atoms with E-state index in [1.165, 1.54) is 0 Å². The summed E-state index contributed by atoms with van der Waals surface area (Å²) < 4.78 is 10.8. The second kappa shape index (κ2) is 8.40. The highest BCUT2D eigenvalue weighted by Crippen LogP contribution is 2.41. The van der Waals surface area contributed by atoms with Crippen LogP contribution in [0.2, 0.25) is 0 Å². The quantitative estimate of drug-likeness (QED) is 0.646. The molecule has 0 aromatic heterocycles. The molecule has 0 N–H and O–H groups in total. The maximum absolute atomic E-state index is 12.4. The Morgan fingerprint density at radius 1 is 0.839 bits per heavy atom. The summed E-state index contributed by atoms with van der Waals surface area (Å²) in [6.45, 7) is 7.30. The van der Waals surface area contributed by atoms with Crippen molar-refractivity contribution in [1.29, 1.82) is 10.5 Å². The zero-order valence-corrected chi connectivity index (χ0v) is 18.3. The van der Waals surface area contributed by atoms with Crippen molar-refractivity contribution in [2.24, 2.45) is 0 Å². The predicted molar refractivity (Wildman–Crippen MR) is 113 cm³/mol. The minimum atomic E-state index is -0.693. The first-order chi connectivity index (χ1) is 14.5.